The van der Waals surface area contributed by atoms with Crippen molar-refractivity contribution in [3.05, 3.63) is 75.5 Å². The van der Waals surface area contributed by atoms with Crippen LogP contribution in [0.2, 0.25) is 0 Å². The third-order valence-electron chi connectivity index (χ3n) is 3.49. The fourth-order valence-corrected chi connectivity index (χ4v) is 2.96. The Kier molecular flexibility index (Phi) is 6.00. The number of nitro groups is 1. The lowest BCUT2D eigenvalue weighted by Gasteiger charge is -2.05. The molecule has 0 saturated carbocycles. The van der Waals surface area contributed by atoms with Crippen LogP contribution in [0.4, 0.5) is 16.4 Å². The monoisotopic (exact) mass is 415 g/mol. The van der Waals surface area contributed by atoms with Gasteiger partial charge in [-0.2, -0.15) is 0 Å². The van der Waals surface area contributed by atoms with Crippen molar-refractivity contribution < 1.29 is 28.5 Å². The molecule has 2 amide bonds. The Morgan fingerprint density at radius 2 is 1.83 bits per heavy atom. The van der Waals surface area contributed by atoms with Gasteiger partial charge in [-0.05, 0) is 36.4 Å². The third-order valence-corrected chi connectivity index (χ3v) is 4.47. The Bertz CT molecular complexity index is 1040. The Balaban J connectivity index is 1.49. The van der Waals surface area contributed by atoms with Crippen molar-refractivity contribution in [2.75, 3.05) is 17.2 Å². The lowest BCUT2D eigenvalue weighted by Crippen LogP contribution is -2.20. The molecule has 0 aliphatic rings. The number of non-ortho nitro benzene ring substituents is 1. The van der Waals surface area contributed by atoms with Gasteiger partial charge in [0.2, 0.25) is 0 Å². The maximum Gasteiger partial charge on any atom is 0.348 e. The first kappa shape index (κ1) is 19.8. The second kappa shape index (κ2) is 8.80. The molecule has 0 aliphatic carbocycles. The number of amides is 2. The predicted octanol–water partition coefficient (Wildman–Crippen LogP) is 3.30. The van der Waals surface area contributed by atoms with Crippen LogP contribution in [-0.4, -0.2) is 29.3 Å². The summed E-state index contributed by atoms with van der Waals surface area (Å²) in [6.45, 7) is -0.540. The van der Waals surface area contributed by atoms with E-state index in [0.717, 1.165) is 11.3 Å². The minimum atomic E-state index is -0.729. The summed E-state index contributed by atoms with van der Waals surface area (Å²) < 4.78 is 9.91. The molecule has 148 valence electrons. The van der Waals surface area contributed by atoms with Crippen LogP contribution in [0.25, 0.3) is 0 Å². The van der Waals surface area contributed by atoms with E-state index in [-0.39, 0.29) is 16.3 Å². The summed E-state index contributed by atoms with van der Waals surface area (Å²) in [4.78, 5) is 46.1. The first-order valence-electron chi connectivity index (χ1n) is 8.08. The van der Waals surface area contributed by atoms with Gasteiger partial charge in [-0.25, -0.2) is 4.79 Å². The molecule has 0 spiro atoms. The molecule has 0 fully saturated rings. The van der Waals surface area contributed by atoms with E-state index in [0.29, 0.717) is 10.7 Å². The van der Waals surface area contributed by atoms with Crippen LogP contribution in [0.1, 0.15) is 20.2 Å². The van der Waals surface area contributed by atoms with Crippen LogP contribution < -0.4 is 10.6 Å². The molecule has 0 saturated heterocycles. The molecular weight excluding hydrogens is 402 g/mol. The van der Waals surface area contributed by atoms with Crippen molar-refractivity contribution in [2.45, 2.75) is 0 Å². The van der Waals surface area contributed by atoms with Gasteiger partial charge in [-0.1, -0.05) is 0 Å². The zero-order chi connectivity index (χ0) is 20.8. The van der Waals surface area contributed by atoms with Crippen LogP contribution in [-0.2, 0) is 9.53 Å². The normalized spacial score (nSPS) is 10.2. The molecule has 0 aliphatic heterocycles. The zero-order valence-corrected chi connectivity index (χ0v) is 15.4. The number of hydrogen-bond acceptors (Lipinski definition) is 8. The molecule has 0 radical (unpaired) electrons. The average Bonchev–Trinajstić information content (AvgIpc) is 3.38. The topological polar surface area (TPSA) is 141 Å². The van der Waals surface area contributed by atoms with Crippen LogP contribution in [0.5, 0.6) is 0 Å². The molecule has 11 heteroatoms. The molecule has 0 atom stereocenters. The fraction of sp³-hybridized carbons (Fsp3) is 0.0556. The lowest BCUT2D eigenvalue weighted by molar-refractivity contribution is -0.384. The number of hydrogen-bond donors (Lipinski definition) is 2. The Hall–Kier alpha value is -3.99. The van der Waals surface area contributed by atoms with E-state index in [9.17, 15) is 24.5 Å². The van der Waals surface area contributed by atoms with Crippen molar-refractivity contribution >= 4 is 45.5 Å². The molecule has 3 rings (SSSR count). The minimum Gasteiger partial charge on any atom is -0.459 e. The smallest absolute Gasteiger partial charge is 0.348 e. The van der Waals surface area contributed by atoms with Gasteiger partial charge < -0.3 is 19.8 Å². The lowest BCUT2D eigenvalue weighted by atomic mass is 10.3. The number of furan rings is 1. The highest BCUT2D eigenvalue weighted by atomic mass is 32.1. The maximum absolute atomic E-state index is 12.1. The molecule has 2 N–H and O–H groups in total. The quantitative estimate of drug-likeness (QED) is 0.343. The van der Waals surface area contributed by atoms with E-state index in [1.165, 1.54) is 48.7 Å². The highest BCUT2D eigenvalue weighted by molar-refractivity contribution is 7.18. The largest absolute Gasteiger partial charge is 0.459 e. The maximum atomic E-state index is 12.1. The first-order chi connectivity index (χ1) is 13.9. The number of carbonyl (C=O) groups excluding carboxylic acids is 3. The van der Waals surface area contributed by atoms with Gasteiger partial charge in [-0.3, -0.25) is 19.7 Å². The average molecular weight is 415 g/mol. The standard InChI is InChI=1S/C18H13N3O7S/c22-15(19-11-3-5-12(6-4-11)21(25)26)10-28-18(24)14-7-8-16(29-14)20-17(23)13-2-1-9-27-13/h1-9H,10H2,(H,19,22)(H,20,23). The van der Waals surface area contributed by atoms with Gasteiger partial charge in [0.1, 0.15) is 4.88 Å². The summed E-state index contributed by atoms with van der Waals surface area (Å²) in [5, 5.41) is 16.1. The van der Waals surface area contributed by atoms with E-state index in [1.807, 2.05) is 0 Å². The van der Waals surface area contributed by atoms with E-state index in [2.05, 4.69) is 10.6 Å². The van der Waals surface area contributed by atoms with Crippen molar-refractivity contribution in [2.24, 2.45) is 0 Å². The van der Waals surface area contributed by atoms with E-state index < -0.39 is 29.3 Å². The number of esters is 1. The molecule has 1 aromatic carbocycles. The van der Waals surface area contributed by atoms with Gasteiger partial charge in [-0.15, -0.1) is 11.3 Å². The van der Waals surface area contributed by atoms with Crippen LogP contribution in [0.15, 0.2) is 59.2 Å². The van der Waals surface area contributed by atoms with Crippen LogP contribution in [0.3, 0.4) is 0 Å². The Morgan fingerprint density at radius 3 is 2.48 bits per heavy atom. The number of anilines is 2. The summed E-state index contributed by atoms with van der Waals surface area (Å²) in [5.74, 6) is -1.66. The SMILES string of the molecule is O=C(COC(=O)c1ccc(NC(=O)c2ccco2)s1)Nc1ccc([N+](=O)[O-])cc1. The number of nitro benzene ring substituents is 1. The molecule has 0 bridgehead atoms. The van der Waals surface area contributed by atoms with Gasteiger partial charge in [0, 0.05) is 17.8 Å². The summed E-state index contributed by atoms with van der Waals surface area (Å²) in [5.41, 5.74) is 0.220. The van der Waals surface area contributed by atoms with Gasteiger partial charge in [0.05, 0.1) is 16.2 Å². The van der Waals surface area contributed by atoms with E-state index >= 15 is 0 Å². The first-order valence-corrected chi connectivity index (χ1v) is 8.90. The number of rotatable bonds is 7. The predicted molar refractivity (Wildman–Crippen MR) is 103 cm³/mol. The molecule has 29 heavy (non-hydrogen) atoms. The van der Waals surface area contributed by atoms with Crippen LogP contribution in [0, 0.1) is 10.1 Å². The summed E-state index contributed by atoms with van der Waals surface area (Å²) in [7, 11) is 0. The fourth-order valence-electron chi connectivity index (χ4n) is 2.16. The van der Waals surface area contributed by atoms with Crippen molar-refractivity contribution in [1.29, 1.82) is 0 Å². The van der Waals surface area contributed by atoms with E-state index in [4.69, 9.17) is 9.15 Å². The highest BCUT2D eigenvalue weighted by Gasteiger charge is 2.16. The summed E-state index contributed by atoms with van der Waals surface area (Å²) >= 11 is 0.983. The minimum absolute atomic E-state index is 0.109. The third kappa shape index (κ3) is 5.26. The number of nitrogens with zero attached hydrogens (tertiary/aromatic N) is 1. The number of benzene rings is 1. The Labute approximate surface area is 167 Å². The van der Waals surface area contributed by atoms with Crippen molar-refractivity contribution in [1.82, 2.24) is 0 Å². The molecule has 3 aromatic rings. The summed E-state index contributed by atoms with van der Waals surface area (Å²) in [6.07, 6.45) is 1.37. The second-order valence-electron chi connectivity index (χ2n) is 5.52. The number of ether oxygens (including phenoxy) is 1. The molecular formula is C18H13N3O7S. The van der Waals surface area contributed by atoms with Gasteiger partial charge >= 0.3 is 5.97 Å². The van der Waals surface area contributed by atoms with E-state index in [1.54, 1.807) is 6.07 Å². The highest BCUT2D eigenvalue weighted by Crippen LogP contribution is 2.23. The Morgan fingerprint density at radius 1 is 1.07 bits per heavy atom. The number of carbonyl (C=O) groups is 3. The zero-order valence-electron chi connectivity index (χ0n) is 14.6. The molecule has 0 unspecified atom stereocenters. The molecule has 2 heterocycles. The number of nitrogens with one attached hydrogen (secondary N) is 2. The van der Waals surface area contributed by atoms with Gasteiger partial charge in [0.15, 0.2) is 12.4 Å². The van der Waals surface area contributed by atoms with Gasteiger partial charge in [0.25, 0.3) is 17.5 Å². The molecule has 2 aromatic heterocycles. The molecule has 10 nitrogen and oxygen atoms in total. The van der Waals surface area contributed by atoms with Crippen molar-refractivity contribution in [3.63, 3.8) is 0 Å². The van der Waals surface area contributed by atoms with Crippen molar-refractivity contribution in [3.8, 4) is 0 Å². The van der Waals surface area contributed by atoms with Crippen LogP contribution >= 0.6 is 11.3 Å². The second-order valence-corrected chi connectivity index (χ2v) is 6.61. The summed E-state index contributed by atoms with van der Waals surface area (Å²) in [6, 6.07) is 11.3. The number of thiophene rings is 1.